The summed E-state index contributed by atoms with van der Waals surface area (Å²) in [5.74, 6) is 0.910. The van der Waals surface area contributed by atoms with Crippen molar-refractivity contribution in [1.29, 1.82) is 0 Å². The number of hydrogen-bond acceptors (Lipinski definition) is 4. The van der Waals surface area contributed by atoms with E-state index in [4.69, 9.17) is 11.6 Å². The van der Waals surface area contributed by atoms with Crippen LogP contribution in [0.5, 0.6) is 0 Å². The lowest BCUT2D eigenvalue weighted by molar-refractivity contribution is 0.153. The van der Waals surface area contributed by atoms with Crippen LogP contribution in [0.3, 0.4) is 0 Å². The van der Waals surface area contributed by atoms with Crippen molar-refractivity contribution in [3.05, 3.63) is 41.2 Å². The molecule has 1 N–H and O–H groups in total. The number of nitrogens with one attached hydrogen (secondary N) is 1. The Labute approximate surface area is 148 Å². The van der Waals surface area contributed by atoms with Gasteiger partial charge in [0, 0.05) is 30.2 Å². The maximum absolute atomic E-state index is 6.01. The number of benzene rings is 1. The van der Waals surface area contributed by atoms with Gasteiger partial charge in [-0.15, -0.1) is 10.2 Å². The zero-order chi connectivity index (χ0) is 16.4. The zero-order valence-electron chi connectivity index (χ0n) is 13.9. The summed E-state index contributed by atoms with van der Waals surface area (Å²) in [5, 5.41) is 8.85. The van der Waals surface area contributed by atoms with Crippen LogP contribution in [0.15, 0.2) is 30.6 Å². The predicted octanol–water partition coefficient (Wildman–Crippen LogP) is 3.13. The Bertz CT molecular complexity index is 634. The Hall–Kier alpha value is -1.59. The van der Waals surface area contributed by atoms with Gasteiger partial charge in [-0.2, -0.15) is 0 Å². The lowest BCUT2D eigenvalue weighted by Crippen LogP contribution is -2.47. The van der Waals surface area contributed by atoms with Crippen molar-refractivity contribution < 1.29 is 0 Å². The minimum atomic E-state index is 0.674. The molecule has 128 valence electrons. The number of piperidine rings is 1. The standard InChI is InChI=1S/C18H24ClN5/c19-15-5-3-14(4-6-15)12-17-2-1-9-24(17)16-7-10-23(11-8-16)18-20-13-21-22-18/h3-6,13,16-17H,1-2,7-12H2,(H,20,21,22)/t17-/m1/s1. The molecule has 1 atom stereocenters. The number of H-pyrrole nitrogens is 1. The smallest absolute Gasteiger partial charge is 0.224 e. The van der Waals surface area contributed by atoms with E-state index < -0.39 is 0 Å². The van der Waals surface area contributed by atoms with Crippen molar-refractivity contribution in [3.8, 4) is 0 Å². The summed E-state index contributed by atoms with van der Waals surface area (Å²) in [5.41, 5.74) is 1.40. The zero-order valence-corrected chi connectivity index (χ0v) is 14.6. The van der Waals surface area contributed by atoms with E-state index in [1.165, 1.54) is 37.8 Å². The third kappa shape index (κ3) is 3.42. The molecule has 6 heteroatoms. The van der Waals surface area contributed by atoms with Crippen molar-refractivity contribution in [2.24, 2.45) is 0 Å². The van der Waals surface area contributed by atoms with Gasteiger partial charge in [0.05, 0.1) is 0 Å². The topological polar surface area (TPSA) is 48.1 Å². The van der Waals surface area contributed by atoms with Gasteiger partial charge >= 0.3 is 0 Å². The van der Waals surface area contributed by atoms with Crippen molar-refractivity contribution in [3.63, 3.8) is 0 Å². The van der Waals surface area contributed by atoms with E-state index in [-0.39, 0.29) is 0 Å². The Morgan fingerprint density at radius 1 is 1.08 bits per heavy atom. The fourth-order valence-electron chi connectivity index (χ4n) is 4.21. The lowest BCUT2D eigenvalue weighted by Gasteiger charge is -2.39. The molecule has 5 nitrogen and oxygen atoms in total. The van der Waals surface area contributed by atoms with E-state index >= 15 is 0 Å². The van der Waals surface area contributed by atoms with Gasteiger partial charge in [-0.25, -0.2) is 0 Å². The average Bonchev–Trinajstić information content (AvgIpc) is 3.29. The molecule has 0 radical (unpaired) electrons. The van der Waals surface area contributed by atoms with Crippen molar-refractivity contribution >= 4 is 17.5 Å². The fraction of sp³-hybridized carbons (Fsp3) is 0.556. The van der Waals surface area contributed by atoms with Gasteiger partial charge in [0.15, 0.2) is 0 Å². The van der Waals surface area contributed by atoms with Gasteiger partial charge in [0.2, 0.25) is 5.95 Å². The number of aromatic amines is 1. The number of anilines is 1. The normalized spacial score (nSPS) is 23.0. The Morgan fingerprint density at radius 3 is 2.58 bits per heavy atom. The summed E-state index contributed by atoms with van der Waals surface area (Å²) in [6.07, 6.45) is 7.84. The number of aromatic nitrogens is 3. The summed E-state index contributed by atoms with van der Waals surface area (Å²) in [6, 6.07) is 9.73. The quantitative estimate of drug-likeness (QED) is 0.924. The molecular formula is C18H24ClN5. The molecule has 24 heavy (non-hydrogen) atoms. The van der Waals surface area contributed by atoms with E-state index in [0.29, 0.717) is 12.1 Å². The van der Waals surface area contributed by atoms with E-state index in [9.17, 15) is 0 Å². The highest BCUT2D eigenvalue weighted by molar-refractivity contribution is 6.30. The van der Waals surface area contributed by atoms with E-state index in [1.54, 1.807) is 6.33 Å². The second kappa shape index (κ2) is 7.11. The molecule has 2 saturated heterocycles. The second-order valence-electron chi connectivity index (χ2n) is 6.90. The largest absolute Gasteiger partial charge is 0.341 e. The number of nitrogens with zero attached hydrogens (tertiary/aromatic N) is 4. The third-order valence-electron chi connectivity index (χ3n) is 5.44. The van der Waals surface area contributed by atoms with Crippen molar-refractivity contribution in [2.75, 3.05) is 24.5 Å². The highest BCUT2D eigenvalue weighted by atomic mass is 35.5. The molecule has 2 aliphatic rings. The van der Waals surface area contributed by atoms with E-state index in [1.807, 2.05) is 12.1 Å². The Morgan fingerprint density at radius 2 is 1.88 bits per heavy atom. The monoisotopic (exact) mass is 345 g/mol. The first-order valence-corrected chi connectivity index (χ1v) is 9.28. The molecule has 0 saturated carbocycles. The molecule has 2 aliphatic heterocycles. The van der Waals surface area contributed by atoms with Crippen LogP contribution in [0.25, 0.3) is 0 Å². The number of hydrogen-bond donors (Lipinski definition) is 1. The van der Waals surface area contributed by atoms with Crippen LogP contribution in [0, 0.1) is 0 Å². The maximum atomic E-state index is 6.01. The minimum absolute atomic E-state index is 0.674. The minimum Gasteiger partial charge on any atom is -0.341 e. The summed E-state index contributed by atoms with van der Waals surface area (Å²) >= 11 is 6.01. The van der Waals surface area contributed by atoms with Crippen molar-refractivity contribution in [1.82, 2.24) is 20.1 Å². The first-order valence-electron chi connectivity index (χ1n) is 8.91. The van der Waals surface area contributed by atoms with E-state index in [2.05, 4.69) is 37.1 Å². The van der Waals surface area contributed by atoms with Gasteiger partial charge in [-0.3, -0.25) is 4.90 Å². The number of halogens is 1. The molecule has 1 aromatic carbocycles. The molecule has 2 fully saturated rings. The molecule has 0 unspecified atom stereocenters. The molecule has 4 rings (SSSR count). The van der Waals surface area contributed by atoms with Gasteiger partial charge in [-0.05, 0) is 56.3 Å². The average molecular weight is 346 g/mol. The highest BCUT2D eigenvalue weighted by Crippen LogP contribution is 2.29. The highest BCUT2D eigenvalue weighted by Gasteiger charge is 2.33. The number of likely N-dealkylation sites (tertiary alicyclic amines) is 1. The first kappa shape index (κ1) is 15.9. The lowest BCUT2D eigenvalue weighted by atomic mass is 9.99. The third-order valence-corrected chi connectivity index (χ3v) is 5.70. The second-order valence-corrected chi connectivity index (χ2v) is 7.33. The van der Waals surface area contributed by atoms with Gasteiger partial charge in [-0.1, -0.05) is 23.7 Å². The Balaban J connectivity index is 1.36. The summed E-state index contributed by atoms with van der Waals surface area (Å²) < 4.78 is 0. The van der Waals surface area contributed by atoms with Gasteiger partial charge in [0.1, 0.15) is 6.33 Å². The predicted molar refractivity (Wildman–Crippen MR) is 96.5 cm³/mol. The van der Waals surface area contributed by atoms with Crippen LogP contribution in [0.1, 0.15) is 31.2 Å². The fourth-order valence-corrected chi connectivity index (χ4v) is 4.34. The first-order chi connectivity index (χ1) is 11.8. The molecule has 0 bridgehead atoms. The van der Waals surface area contributed by atoms with Crippen LogP contribution in [0.4, 0.5) is 5.95 Å². The summed E-state index contributed by atoms with van der Waals surface area (Å²) in [4.78, 5) is 8.19. The van der Waals surface area contributed by atoms with Crippen LogP contribution in [-0.2, 0) is 6.42 Å². The molecule has 0 spiro atoms. The molecule has 2 aromatic rings. The number of rotatable bonds is 4. The Kier molecular flexibility index (Phi) is 4.72. The van der Waals surface area contributed by atoms with Crippen LogP contribution >= 0.6 is 11.6 Å². The molecular weight excluding hydrogens is 322 g/mol. The van der Waals surface area contributed by atoms with Crippen LogP contribution in [0.2, 0.25) is 5.02 Å². The summed E-state index contributed by atoms with van der Waals surface area (Å²) in [7, 11) is 0. The van der Waals surface area contributed by atoms with E-state index in [0.717, 1.165) is 30.5 Å². The SMILES string of the molecule is Clc1ccc(C[C@H]2CCCN2C2CCN(c3nnc[nH]3)CC2)cc1. The van der Waals surface area contributed by atoms with Crippen LogP contribution < -0.4 is 4.90 Å². The van der Waals surface area contributed by atoms with Gasteiger partial charge < -0.3 is 9.88 Å². The van der Waals surface area contributed by atoms with Gasteiger partial charge in [0.25, 0.3) is 0 Å². The van der Waals surface area contributed by atoms with Crippen molar-refractivity contribution in [2.45, 2.75) is 44.2 Å². The molecule has 0 amide bonds. The van der Waals surface area contributed by atoms with Crippen LogP contribution in [-0.4, -0.2) is 51.8 Å². The molecule has 1 aromatic heterocycles. The maximum Gasteiger partial charge on any atom is 0.224 e. The molecule has 0 aliphatic carbocycles. The summed E-state index contributed by atoms with van der Waals surface area (Å²) in [6.45, 7) is 3.36. The molecule has 3 heterocycles.